The molecule has 0 radical (unpaired) electrons. The number of hydrogen-bond donors (Lipinski definition) is 2. The molecule has 2 aliphatic heterocycles. The lowest BCUT2D eigenvalue weighted by Crippen LogP contribution is -2.42. The molecule has 0 aliphatic carbocycles. The van der Waals surface area contributed by atoms with Crippen LogP contribution in [0, 0.1) is 5.92 Å². The Morgan fingerprint density at radius 1 is 0.900 bits per heavy atom. The van der Waals surface area contributed by atoms with Gasteiger partial charge in [-0.25, -0.2) is 0 Å². The molecule has 40 heavy (non-hydrogen) atoms. The van der Waals surface area contributed by atoms with Gasteiger partial charge in [-0.1, -0.05) is 0 Å². The summed E-state index contributed by atoms with van der Waals surface area (Å²) in [6.07, 6.45) is -4.66. The van der Waals surface area contributed by atoms with E-state index in [9.17, 15) is 31.1 Å². The Morgan fingerprint density at radius 2 is 1.55 bits per heavy atom. The van der Waals surface area contributed by atoms with Crippen LogP contribution in [-0.4, -0.2) is 50.1 Å². The second-order valence-electron chi connectivity index (χ2n) is 10.4. The number of rotatable bonds is 8. The number of amides is 1. The molecule has 0 atom stereocenters. The van der Waals surface area contributed by atoms with E-state index in [4.69, 9.17) is 0 Å². The number of halogens is 6. The average molecular weight is 573 g/mol. The number of likely N-dealkylation sites (tertiary alicyclic amines) is 1. The zero-order chi connectivity index (χ0) is 28.9. The summed E-state index contributed by atoms with van der Waals surface area (Å²) in [5, 5.41) is 3.17. The molecule has 2 aromatic carbocycles. The fourth-order valence-corrected chi connectivity index (χ4v) is 5.40. The van der Waals surface area contributed by atoms with E-state index in [2.05, 4.69) is 20.5 Å². The van der Waals surface area contributed by atoms with Crippen molar-refractivity contribution in [2.24, 2.45) is 5.92 Å². The molecular weight excluding hydrogens is 538 g/mol. The summed E-state index contributed by atoms with van der Waals surface area (Å²) in [4.78, 5) is 21.4. The van der Waals surface area contributed by atoms with Gasteiger partial charge in [0.15, 0.2) is 0 Å². The van der Waals surface area contributed by atoms with Gasteiger partial charge in [-0.2, -0.15) is 26.3 Å². The summed E-state index contributed by atoms with van der Waals surface area (Å²) in [5.41, 5.74) is 1.75. The summed E-state index contributed by atoms with van der Waals surface area (Å²) in [5.74, 6) is 0.463. The summed E-state index contributed by atoms with van der Waals surface area (Å²) in [6.45, 7) is 2.55. The third-order valence-corrected chi connectivity index (χ3v) is 7.70. The topological polar surface area (TPSA) is 56.8 Å². The van der Waals surface area contributed by atoms with Gasteiger partial charge in [0, 0.05) is 50.0 Å². The first-order valence-electron chi connectivity index (χ1n) is 13.4. The molecule has 12 heteroatoms. The van der Waals surface area contributed by atoms with E-state index in [0.29, 0.717) is 44.0 Å². The fraction of sp³-hybridized carbons (Fsp3) is 0.536. The van der Waals surface area contributed by atoms with Crippen LogP contribution >= 0.6 is 0 Å². The molecule has 2 fully saturated rings. The number of hydrogen-bond acceptors (Lipinski definition) is 5. The van der Waals surface area contributed by atoms with Gasteiger partial charge in [-0.15, -0.1) is 0 Å². The maximum atomic E-state index is 13.4. The zero-order valence-corrected chi connectivity index (χ0v) is 22.2. The quantitative estimate of drug-likeness (QED) is 0.269. The molecule has 2 heterocycles. The predicted molar refractivity (Wildman–Crippen MR) is 141 cm³/mol. The number of nitrogens with one attached hydrogen (secondary N) is 2. The lowest BCUT2D eigenvalue weighted by atomic mass is 9.91. The van der Waals surface area contributed by atoms with Gasteiger partial charge in [0.2, 0.25) is 5.91 Å². The van der Waals surface area contributed by atoms with Crippen LogP contribution in [0.5, 0.6) is 0 Å². The van der Waals surface area contributed by atoms with E-state index < -0.39 is 23.5 Å². The number of nitrogens with zero attached hydrogens (tertiary/aromatic N) is 2. The maximum absolute atomic E-state index is 13.4. The number of piperidine rings is 2. The smallest absolute Gasteiger partial charge is 0.382 e. The fourth-order valence-electron chi connectivity index (χ4n) is 5.40. The molecule has 220 valence electrons. The van der Waals surface area contributed by atoms with Gasteiger partial charge in [-0.3, -0.25) is 15.1 Å². The number of carbonyl (C=O) groups excluding carboxylic acids is 1. The highest BCUT2D eigenvalue weighted by Crippen LogP contribution is 2.37. The zero-order valence-electron chi connectivity index (χ0n) is 22.2. The van der Waals surface area contributed by atoms with E-state index >= 15 is 0 Å². The molecule has 0 saturated carbocycles. The number of benzene rings is 2. The van der Waals surface area contributed by atoms with Crippen LogP contribution < -0.4 is 15.7 Å². The van der Waals surface area contributed by atoms with Crippen LogP contribution in [0.1, 0.15) is 49.7 Å². The molecule has 2 aromatic rings. The number of anilines is 3. The molecule has 2 saturated heterocycles. The molecule has 0 bridgehead atoms. The first kappa shape index (κ1) is 29.8. The Bertz CT molecular complexity index is 1120. The normalized spacial score (nSPS) is 17.7. The van der Waals surface area contributed by atoms with Gasteiger partial charge in [-0.05, 0) is 80.5 Å². The summed E-state index contributed by atoms with van der Waals surface area (Å²) < 4.78 is 78.7. The van der Waals surface area contributed by atoms with E-state index in [1.165, 1.54) is 25.3 Å². The average Bonchev–Trinajstić information content (AvgIpc) is 2.92. The molecule has 2 N–H and O–H groups in total. The van der Waals surface area contributed by atoms with Crippen LogP contribution in [0.3, 0.4) is 0 Å². The van der Waals surface area contributed by atoms with Crippen molar-refractivity contribution in [3.8, 4) is 0 Å². The summed E-state index contributed by atoms with van der Waals surface area (Å²) in [7, 11) is 1.25. The lowest BCUT2D eigenvalue weighted by Gasteiger charge is -2.35. The van der Waals surface area contributed by atoms with Crippen molar-refractivity contribution >= 4 is 23.0 Å². The second kappa shape index (κ2) is 12.6. The molecule has 2 aliphatic rings. The van der Waals surface area contributed by atoms with E-state index in [1.54, 1.807) is 6.07 Å². The molecule has 4 rings (SSSR count). The van der Waals surface area contributed by atoms with Crippen molar-refractivity contribution in [2.45, 2.75) is 56.9 Å². The second-order valence-corrected chi connectivity index (χ2v) is 10.4. The van der Waals surface area contributed by atoms with Crippen LogP contribution in [0.25, 0.3) is 0 Å². The van der Waals surface area contributed by atoms with E-state index in [-0.39, 0.29) is 17.6 Å². The third-order valence-electron chi connectivity index (χ3n) is 7.70. The third kappa shape index (κ3) is 7.74. The molecule has 1 amide bonds. The van der Waals surface area contributed by atoms with Gasteiger partial charge in [0.1, 0.15) is 0 Å². The Morgan fingerprint density at radius 3 is 2.12 bits per heavy atom. The first-order valence-corrected chi connectivity index (χ1v) is 13.4. The number of alkyl halides is 6. The van der Waals surface area contributed by atoms with Gasteiger partial charge in [0.25, 0.3) is 0 Å². The number of carbonyl (C=O) groups is 1. The summed E-state index contributed by atoms with van der Waals surface area (Å²) >= 11 is 0. The van der Waals surface area contributed by atoms with E-state index in [0.717, 1.165) is 56.2 Å². The van der Waals surface area contributed by atoms with Crippen molar-refractivity contribution < 1.29 is 36.0 Å². The summed E-state index contributed by atoms with van der Waals surface area (Å²) in [6, 6.07) is 9.13. The SMILES string of the molecule is CONc1ccc(NC2CCN(C(=O)CCC3CCN(c4ccc(C(F)(F)F)cc4)CC3)CC2)cc1C(F)(F)F. The van der Waals surface area contributed by atoms with Crippen molar-refractivity contribution in [1.82, 2.24) is 4.90 Å². The van der Waals surface area contributed by atoms with Crippen LogP contribution in [-0.2, 0) is 22.0 Å². The van der Waals surface area contributed by atoms with Crippen LogP contribution in [0.15, 0.2) is 42.5 Å². The first-order chi connectivity index (χ1) is 18.9. The van der Waals surface area contributed by atoms with Crippen LogP contribution in [0.4, 0.5) is 43.4 Å². The Kier molecular flexibility index (Phi) is 9.37. The monoisotopic (exact) mass is 572 g/mol. The predicted octanol–water partition coefficient (Wildman–Crippen LogP) is 6.80. The molecule has 0 aromatic heterocycles. The van der Waals surface area contributed by atoms with Gasteiger partial charge < -0.3 is 15.1 Å². The largest absolute Gasteiger partial charge is 0.418 e. The minimum Gasteiger partial charge on any atom is -0.382 e. The Balaban J connectivity index is 1.19. The molecule has 0 unspecified atom stereocenters. The standard InChI is InChI=1S/C28H34F6N4O2/c1-40-36-25-8-5-22(18-24(25)28(32,33)34)35-21-12-16-38(17-13-21)26(39)9-2-19-10-14-37(15-11-19)23-6-3-20(4-7-23)27(29,30)31/h3-8,18-19,21,35-36H,2,9-17H2,1H3. The van der Waals surface area contributed by atoms with Crippen molar-refractivity contribution in [1.29, 1.82) is 0 Å². The van der Waals surface area contributed by atoms with Gasteiger partial charge in [0.05, 0.1) is 23.9 Å². The minimum absolute atomic E-state index is 0.0408. The van der Waals surface area contributed by atoms with Gasteiger partial charge >= 0.3 is 12.4 Å². The highest BCUT2D eigenvalue weighted by atomic mass is 19.4. The maximum Gasteiger partial charge on any atom is 0.418 e. The highest BCUT2D eigenvalue weighted by molar-refractivity contribution is 5.76. The van der Waals surface area contributed by atoms with Crippen molar-refractivity contribution in [3.05, 3.63) is 53.6 Å². The Labute approximate surface area is 229 Å². The van der Waals surface area contributed by atoms with E-state index in [1.807, 2.05) is 4.90 Å². The van der Waals surface area contributed by atoms with Crippen molar-refractivity contribution in [3.63, 3.8) is 0 Å². The van der Waals surface area contributed by atoms with Crippen molar-refractivity contribution in [2.75, 3.05) is 49.0 Å². The van der Waals surface area contributed by atoms with Crippen LogP contribution in [0.2, 0.25) is 0 Å². The lowest BCUT2D eigenvalue weighted by molar-refractivity contribution is -0.138. The molecule has 6 nitrogen and oxygen atoms in total. The highest BCUT2D eigenvalue weighted by Gasteiger charge is 2.34. The minimum atomic E-state index is -4.53. The molecular formula is C28H34F6N4O2. The Hall–Kier alpha value is -3.15. The molecule has 0 spiro atoms.